The van der Waals surface area contributed by atoms with Crippen molar-refractivity contribution in [2.45, 2.75) is 25.2 Å². The van der Waals surface area contributed by atoms with E-state index in [2.05, 4.69) is 0 Å². The Balaban J connectivity index is 0. The van der Waals surface area contributed by atoms with Crippen molar-refractivity contribution >= 4 is 10.1 Å². The minimum atomic E-state index is -5.19. The van der Waals surface area contributed by atoms with Crippen LogP contribution < -0.4 is 29.6 Å². The summed E-state index contributed by atoms with van der Waals surface area (Å²) in [6.45, 7) is 0.221. The number of halogens is 4. The van der Waals surface area contributed by atoms with E-state index in [9.17, 15) is 30.5 Å². The molecule has 0 amide bonds. The predicted molar refractivity (Wildman–Crippen MR) is 34.7 cm³/mol. The van der Waals surface area contributed by atoms with Crippen LogP contribution in [-0.4, -0.2) is 30.6 Å². The van der Waals surface area contributed by atoms with Gasteiger partial charge in [0.25, 0.3) is 11.8 Å². The summed E-state index contributed by atoms with van der Waals surface area (Å²) >= 11 is 0. The number of rotatable bonds is 4. The number of alkyl halides is 4. The Morgan fingerprint density at radius 3 is 1.79 bits per heavy atom. The fraction of sp³-hybridized carbons (Fsp3) is 1.00. The third-order valence-corrected chi connectivity index (χ3v) is 1.73. The van der Waals surface area contributed by atoms with Crippen molar-refractivity contribution in [1.82, 2.24) is 0 Å². The summed E-state index contributed by atoms with van der Waals surface area (Å²) in [4.78, 5) is 0. The van der Waals surface area contributed by atoms with Gasteiger partial charge in [-0.05, 0) is 6.92 Å². The molecule has 0 rings (SSSR count). The summed E-state index contributed by atoms with van der Waals surface area (Å²) in [5, 5.41) is 0. The van der Waals surface area contributed by atoms with Crippen LogP contribution in [0.2, 0.25) is 0 Å². The van der Waals surface area contributed by atoms with E-state index in [-0.39, 0.29) is 36.5 Å². The average Bonchev–Trinajstić information content (AvgIpc) is 1.43. The fourth-order valence-electron chi connectivity index (χ4n) is 0.764. The Labute approximate surface area is 101 Å². The summed E-state index contributed by atoms with van der Waals surface area (Å²) in [6.07, 6.45) is -1.94. The average molecular weight is 246 g/mol. The number of hydrogen-bond donors (Lipinski definition) is 0. The Kier molecular flexibility index (Phi) is 6.22. The molecule has 0 N–H and O–H groups in total. The topological polar surface area (TPSA) is 57.2 Å². The van der Waals surface area contributed by atoms with E-state index >= 15 is 0 Å². The van der Waals surface area contributed by atoms with Crippen LogP contribution in [0.15, 0.2) is 0 Å². The van der Waals surface area contributed by atoms with E-state index in [4.69, 9.17) is 0 Å². The van der Waals surface area contributed by atoms with Crippen molar-refractivity contribution < 1.29 is 60.1 Å². The maximum Gasteiger partial charge on any atom is 1.00 e. The minimum absolute atomic E-state index is 0. The van der Waals surface area contributed by atoms with Gasteiger partial charge >= 0.3 is 29.6 Å². The van der Waals surface area contributed by atoms with Gasteiger partial charge in [0.2, 0.25) is 0 Å². The van der Waals surface area contributed by atoms with Crippen LogP contribution in [0.1, 0.15) is 13.3 Å². The van der Waals surface area contributed by atoms with E-state index in [1.807, 2.05) is 0 Å². The first kappa shape index (κ1) is 17.0. The Hall–Kier alpha value is 0.630. The van der Waals surface area contributed by atoms with Crippen molar-refractivity contribution in [3.8, 4) is 0 Å². The molecular weight excluding hydrogens is 239 g/mol. The van der Waals surface area contributed by atoms with Crippen molar-refractivity contribution in [2.24, 2.45) is 0 Å². The van der Waals surface area contributed by atoms with Gasteiger partial charge in [-0.1, -0.05) is 0 Å². The van der Waals surface area contributed by atoms with Crippen LogP contribution in [-0.2, 0) is 10.1 Å². The summed E-state index contributed by atoms with van der Waals surface area (Å²) in [5.74, 6) is -9.98. The molecule has 0 aliphatic rings. The largest absolute Gasteiger partial charge is 1.00 e. The van der Waals surface area contributed by atoms with Crippen molar-refractivity contribution in [1.29, 1.82) is 0 Å². The molecule has 14 heavy (non-hydrogen) atoms. The zero-order valence-electron chi connectivity index (χ0n) is 7.56. The molecule has 0 atom stereocenters. The first-order valence-corrected chi connectivity index (χ1v) is 4.68. The van der Waals surface area contributed by atoms with Gasteiger partial charge in [-0.25, -0.2) is 26.0 Å². The summed E-state index contributed by atoms with van der Waals surface area (Å²) in [7, 11) is -5.19. The Bertz CT molecular complexity index is 271. The van der Waals surface area contributed by atoms with Gasteiger partial charge in [-0.3, -0.25) is 0 Å². The van der Waals surface area contributed by atoms with Crippen LogP contribution >= 0.6 is 0 Å². The monoisotopic (exact) mass is 246 g/mol. The predicted octanol–water partition coefficient (Wildman–Crippen LogP) is -1.78. The van der Waals surface area contributed by atoms with Crippen molar-refractivity contribution in [3.63, 3.8) is 0 Å². The second kappa shape index (κ2) is 5.11. The van der Waals surface area contributed by atoms with Gasteiger partial charge < -0.3 is 4.55 Å². The van der Waals surface area contributed by atoms with Crippen LogP contribution in [0.25, 0.3) is 0 Å². The molecule has 0 aromatic rings. The molecule has 0 aromatic heterocycles. The smallest absolute Gasteiger partial charge is 0.748 e. The van der Waals surface area contributed by atoms with Crippen LogP contribution in [0.3, 0.4) is 0 Å². The van der Waals surface area contributed by atoms with Crippen molar-refractivity contribution in [3.05, 3.63) is 0 Å². The van der Waals surface area contributed by atoms with E-state index in [0.29, 0.717) is 0 Å². The van der Waals surface area contributed by atoms with E-state index < -0.39 is 34.1 Å². The van der Waals surface area contributed by atoms with Crippen LogP contribution in [0, 0.1) is 0 Å². The Morgan fingerprint density at radius 2 is 1.57 bits per heavy atom. The molecule has 0 unspecified atom stereocenters. The van der Waals surface area contributed by atoms with Gasteiger partial charge in [0.15, 0.2) is 0 Å². The van der Waals surface area contributed by atoms with Gasteiger partial charge in [0.1, 0.15) is 15.9 Å². The second-order valence-electron chi connectivity index (χ2n) is 2.80. The summed E-state index contributed by atoms with van der Waals surface area (Å²) in [5.41, 5.74) is 0. The zero-order valence-corrected chi connectivity index (χ0v) is 10.4. The second-order valence-corrected chi connectivity index (χ2v) is 4.21. The van der Waals surface area contributed by atoms with Crippen molar-refractivity contribution in [2.75, 3.05) is 5.75 Å². The number of hydrogen-bond acceptors (Lipinski definition) is 3. The fourth-order valence-corrected chi connectivity index (χ4v) is 1.38. The van der Waals surface area contributed by atoms with Crippen LogP contribution in [0.5, 0.6) is 0 Å². The van der Waals surface area contributed by atoms with E-state index in [1.54, 1.807) is 0 Å². The molecule has 3 nitrogen and oxygen atoms in total. The summed E-state index contributed by atoms with van der Waals surface area (Å²) in [6, 6.07) is 0. The molecule has 0 saturated heterocycles. The molecule has 0 aliphatic heterocycles. The quantitative estimate of drug-likeness (QED) is 0.334. The molecule has 0 heterocycles. The van der Waals surface area contributed by atoms with Crippen LogP contribution in [0.4, 0.5) is 17.6 Å². The zero-order chi connectivity index (χ0) is 10.9. The molecule has 80 valence electrons. The summed E-state index contributed by atoms with van der Waals surface area (Å²) < 4.78 is 78.3. The molecule has 0 fully saturated rings. The molecule has 0 aromatic carbocycles. The maximum atomic E-state index is 12.4. The first-order valence-electron chi connectivity index (χ1n) is 3.11. The van der Waals surface area contributed by atoms with E-state index in [1.165, 1.54) is 0 Å². The maximum absolute atomic E-state index is 12.4. The van der Waals surface area contributed by atoms with E-state index in [0.717, 1.165) is 0 Å². The van der Waals surface area contributed by atoms with Gasteiger partial charge in [-0.15, -0.1) is 0 Å². The standard InChI is InChI=1S/C5H8F4O3S.Na/c1-4(6,7)2-5(8,9)3-13(10,11)12;/h2-3H2,1H3,(H,10,11,12);/q;+1/p-1. The van der Waals surface area contributed by atoms with Gasteiger partial charge in [0.05, 0.1) is 6.42 Å². The first-order chi connectivity index (χ1) is 5.41. The molecular formula is C5H7F4NaO3S. The molecule has 9 heteroatoms. The SMILES string of the molecule is CC(F)(F)CC(F)(F)CS(=O)(=O)[O-].[Na+]. The molecule has 0 saturated carbocycles. The minimum Gasteiger partial charge on any atom is -0.748 e. The molecule has 0 radical (unpaired) electrons. The normalized spacial score (nSPS) is 13.6. The third-order valence-electron chi connectivity index (χ3n) is 0.957. The third kappa shape index (κ3) is 10.7. The Morgan fingerprint density at radius 1 is 1.21 bits per heavy atom. The van der Waals surface area contributed by atoms with Gasteiger partial charge in [0, 0.05) is 0 Å². The molecule has 0 spiro atoms. The molecule has 0 aliphatic carbocycles. The molecule has 0 bridgehead atoms. The van der Waals surface area contributed by atoms with Gasteiger partial charge in [-0.2, -0.15) is 0 Å².